The lowest BCUT2D eigenvalue weighted by Crippen LogP contribution is -2.30. The highest BCUT2D eigenvalue weighted by Crippen LogP contribution is 2.27. The van der Waals surface area contributed by atoms with Gasteiger partial charge in [0.15, 0.2) is 0 Å². The Morgan fingerprint density at radius 2 is 1.68 bits per heavy atom. The monoisotopic (exact) mass is 274 g/mol. The minimum absolute atomic E-state index is 0.0218. The Kier molecular flexibility index (Phi) is 4.59. The van der Waals surface area contributed by atoms with Gasteiger partial charge in [0.25, 0.3) is 0 Å². The van der Waals surface area contributed by atoms with Gasteiger partial charge >= 0.3 is 0 Å². The van der Waals surface area contributed by atoms with E-state index in [0.29, 0.717) is 0 Å². The number of halogens is 1. The minimum Gasteiger partial charge on any atom is -0.271 e. The van der Waals surface area contributed by atoms with Gasteiger partial charge < -0.3 is 0 Å². The first-order valence-electron chi connectivity index (χ1n) is 6.39. The maximum Gasteiger partial charge on any atom is 0.0515 e. The molecule has 2 aromatic rings. The zero-order valence-electron chi connectivity index (χ0n) is 11.3. The summed E-state index contributed by atoms with van der Waals surface area (Å²) in [6.07, 6.45) is 0.832. The molecule has 0 spiro atoms. The molecule has 0 bridgehead atoms. The predicted molar refractivity (Wildman–Crippen MR) is 81.1 cm³/mol. The van der Waals surface area contributed by atoms with Crippen molar-refractivity contribution in [1.82, 2.24) is 5.43 Å². The van der Waals surface area contributed by atoms with Crippen molar-refractivity contribution in [3.05, 3.63) is 69.7 Å². The van der Waals surface area contributed by atoms with Crippen LogP contribution < -0.4 is 11.3 Å². The van der Waals surface area contributed by atoms with Crippen LogP contribution in [0.5, 0.6) is 0 Å². The predicted octanol–water partition coefficient (Wildman–Crippen LogP) is 3.70. The molecule has 3 heteroatoms. The summed E-state index contributed by atoms with van der Waals surface area (Å²) in [6, 6.07) is 14.2. The van der Waals surface area contributed by atoms with Gasteiger partial charge in [0.05, 0.1) is 6.04 Å². The summed E-state index contributed by atoms with van der Waals surface area (Å²) in [6.45, 7) is 4.25. The molecular weight excluding hydrogens is 256 g/mol. The van der Waals surface area contributed by atoms with Crippen LogP contribution in [0.15, 0.2) is 42.5 Å². The van der Waals surface area contributed by atoms with Crippen LogP contribution in [0.3, 0.4) is 0 Å². The number of rotatable bonds is 4. The maximum absolute atomic E-state index is 6.25. The summed E-state index contributed by atoms with van der Waals surface area (Å²) >= 11 is 6.25. The second-order valence-corrected chi connectivity index (χ2v) is 5.22. The fraction of sp³-hybridized carbons (Fsp3) is 0.250. The van der Waals surface area contributed by atoms with E-state index < -0.39 is 0 Å². The van der Waals surface area contributed by atoms with Crippen LogP contribution >= 0.6 is 11.6 Å². The first-order valence-corrected chi connectivity index (χ1v) is 6.77. The van der Waals surface area contributed by atoms with Crippen molar-refractivity contribution in [2.75, 3.05) is 0 Å². The highest BCUT2D eigenvalue weighted by molar-refractivity contribution is 6.31. The van der Waals surface area contributed by atoms with Crippen molar-refractivity contribution in [2.45, 2.75) is 26.3 Å². The Balaban J connectivity index is 2.32. The number of nitrogens with two attached hydrogens (primary N) is 1. The lowest BCUT2D eigenvalue weighted by molar-refractivity contribution is 0.550. The number of aryl methyl sites for hydroxylation is 2. The van der Waals surface area contributed by atoms with Crippen molar-refractivity contribution in [1.29, 1.82) is 0 Å². The molecule has 2 rings (SSSR count). The molecule has 0 aliphatic rings. The third kappa shape index (κ3) is 3.16. The molecule has 2 nitrogen and oxygen atoms in total. The molecule has 2 aromatic carbocycles. The van der Waals surface area contributed by atoms with Gasteiger partial charge in [-0.1, -0.05) is 48.0 Å². The van der Waals surface area contributed by atoms with Gasteiger partial charge in [-0.2, -0.15) is 0 Å². The third-order valence-corrected chi connectivity index (χ3v) is 3.88. The first-order chi connectivity index (χ1) is 9.13. The van der Waals surface area contributed by atoms with Crippen molar-refractivity contribution in [3.63, 3.8) is 0 Å². The molecule has 0 aliphatic carbocycles. The van der Waals surface area contributed by atoms with Gasteiger partial charge in [0, 0.05) is 5.02 Å². The number of nitrogens with one attached hydrogen (secondary N) is 1. The summed E-state index contributed by atoms with van der Waals surface area (Å²) < 4.78 is 0. The normalized spacial score (nSPS) is 12.4. The van der Waals surface area contributed by atoms with E-state index in [4.69, 9.17) is 17.4 Å². The van der Waals surface area contributed by atoms with Crippen molar-refractivity contribution in [3.8, 4) is 0 Å². The Morgan fingerprint density at radius 1 is 1.05 bits per heavy atom. The van der Waals surface area contributed by atoms with E-state index >= 15 is 0 Å². The fourth-order valence-electron chi connectivity index (χ4n) is 2.39. The Labute approximate surface area is 119 Å². The van der Waals surface area contributed by atoms with Crippen molar-refractivity contribution in [2.24, 2.45) is 5.84 Å². The molecule has 1 unspecified atom stereocenters. The number of benzene rings is 2. The lowest BCUT2D eigenvalue weighted by Gasteiger charge is -2.20. The number of hydrogen-bond donors (Lipinski definition) is 2. The van der Waals surface area contributed by atoms with Crippen LogP contribution in [0.2, 0.25) is 5.02 Å². The molecule has 0 radical (unpaired) electrons. The van der Waals surface area contributed by atoms with E-state index in [-0.39, 0.29) is 6.04 Å². The molecule has 1 atom stereocenters. The molecule has 0 saturated heterocycles. The quantitative estimate of drug-likeness (QED) is 0.659. The Hall–Kier alpha value is -1.35. The molecule has 0 heterocycles. The van der Waals surface area contributed by atoms with Gasteiger partial charge in [-0.05, 0) is 48.6 Å². The summed E-state index contributed by atoms with van der Waals surface area (Å²) in [5, 5.41) is 0.747. The highest BCUT2D eigenvalue weighted by Gasteiger charge is 2.15. The van der Waals surface area contributed by atoms with Crippen molar-refractivity contribution >= 4 is 11.6 Å². The SMILES string of the molecule is Cc1cccc(C)c1CC(NN)c1ccccc1Cl. The average molecular weight is 275 g/mol. The van der Waals surface area contributed by atoms with Crippen LogP contribution in [0.1, 0.15) is 28.3 Å². The van der Waals surface area contributed by atoms with Gasteiger partial charge in [0.1, 0.15) is 0 Å². The van der Waals surface area contributed by atoms with E-state index in [2.05, 4.69) is 37.5 Å². The third-order valence-electron chi connectivity index (χ3n) is 3.53. The van der Waals surface area contributed by atoms with Gasteiger partial charge in [0.2, 0.25) is 0 Å². The van der Waals surface area contributed by atoms with Crippen molar-refractivity contribution < 1.29 is 0 Å². The Morgan fingerprint density at radius 3 is 2.26 bits per heavy atom. The summed E-state index contributed by atoms with van der Waals surface area (Å²) in [5.74, 6) is 5.71. The van der Waals surface area contributed by atoms with Crippen LogP contribution in [-0.4, -0.2) is 0 Å². The van der Waals surface area contributed by atoms with Crippen LogP contribution in [0.25, 0.3) is 0 Å². The summed E-state index contributed by atoms with van der Waals surface area (Å²) in [4.78, 5) is 0. The van der Waals surface area contributed by atoms with E-state index in [1.807, 2.05) is 24.3 Å². The van der Waals surface area contributed by atoms with Crippen LogP contribution in [-0.2, 0) is 6.42 Å². The molecule has 0 aromatic heterocycles. The fourth-order valence-corrected chi connectivity index (χ4v) is 2.66. The lowest BCUT2D eigenvalue weighted by atomic mass is 9.93. The first kappa shape index (κ1) is 14.1. The Bertz CT molecular complexity index is 546. The van der Waals surface area contributed by atoms with Crippen LogP contribution in [0.4, 0.5) is 0 Å². The molecule has 0 aliphatic heterocycles. The molecule has 0 amide bonds. The second kappa shape index (κ2) is 6.20. The maximum atomic E-state index is 6.25. The number of hydrazine groups is 1. The summed E-state index contributed by atoms with van der Waals surface area (Å²) in [7, 11) is 0. The van der Waals surface area contributed by atoms with E-state index in [1.54, 1.807) is 0 Å². The molecule has 0 saturated carbocycles. The zero-order valence-corrected chi connectivity index (χ0v) is 12.0. The van der Waals surface area contributed by atoms with E-state index in [9.17, 15) is 0 Å². The highest BCUT2D eigenvalue weighted by atomic mass is 35.5. The topological polar surface area (TPSA) is 38.0 Å². The van der Waals surface area contributed by atoms with Gasteiger partial charge in [-0.15, -0.1) is 0 Å². The zero-order chi connectivity index (χ0) is 13.8. The molecule has 3 N–H and O–H groups in total. The van der Waals surface area contributed by atoms with E-state index in [1.165, 1.54) is 16.7 Å². The van der Waals surface area contributed by atoms with Crippen LogP contribution in [0, 0.1) is 13.8 Å². The smallest absolute Gasteiger partial charge is 0.0515 e. The standard InChI is InChI=1S/C16H19ClN2/c1-11-6-5-7-12(2)14(11)10-16(19-18)13-8-3-4-9-15(13)17/h3-9,16,19H,10,18H2,1-2H3. The molecule has 0 fully saturated rings. The van der Waals surface area contributed by atoms with Gasteiger partial charge in [-0.3, -0.25) is 11.3 Å². The molecule has 100 valence electrons. The summed E-state index contributed by atoms with van der Waals surface area (Å²) in [5.41, 5.74) is 7.81. The van der Waals surface area contributed by atoms with Gasteiger partial charge in [-0.25, -0.2) is 0 Å². The second-order valence-electron chi connectivity index (χ2n) is 4.82. The average Bonchev–Trinajstić information content (AvgIpc) is 2.40. The van der Waals surface area contributed by atoms with E-state index in [0.717, 1.165) is 17.0 Å². The molecular formula is C16H19ClN2. The number of hydrogen-bond acceptors (Lipinski definition) is 2. The largest absolute Gasteiger partial charge is 0.271 e. The molecule has 19 heavy (non-hydrogen) atoms. The minimum atomic E-state index is 0.0218.